The smallest absolute Gasteiger partial charge is 0.227 e. The number of rotatable bonds is 3. The van der Waals surface area contributed by atoms with Crippen LogP contribution < -0.4 is 5.32 Å². The molecule has 0 aliphatic heterocycles. The van der Waals surface area contributed by atoms with Crippen LogP contribution in [-0.2, 0) is 0 Å². The molecule has 0 radical (unpaired) electrons. The largest absolute Gasteiger partial charge is 0.324 e. The van der Waals surface area contributed by atoms with Gasteiger partial charge in [-0.25, -0.2) is 9.97 Å². The highest BCUT2D eigenvalue weighted by Crippen LogP contribution is 2.21. The zero-order valence-electron chi connectivity index (χ0n) is 12.1. The van der Waals surface area contributed by atoms with E-state index in [-0.39, 0.29) is 0 Å². The van der Waals surface area contributed by atoms with E-state index in [4.69, 9.17) is 6.42 Å². The van der Waals surface area contributed by atoms with Gasteiger partial charge in [0.25, 0.3) is 0 Å². The SMILES string of the molecule is C#Cc1cccc(Nc2ncc(-c3ccccn3)c(C)n2)c1. The minimum absolute atomic E-state index is 0.534. The number of hydrogen-bond acceptors (Lipinski definition) is 4. The molecule has 0 amide bonds. The van der Waals surface area contributed by atoms with Gasteiger partial charge in [0, 0.05) is 29.2 Å². The van der Waals surface area contributed by atoms with Gasteiger partial charge in [0.1, 0.15) is 0 Å². The summed E-state index contributed by atoms with van der Waals surface area (Å²) in [6, 6.07) is 13.3. The van der Waals surface area contributed by atoms with Crippen molar-refractivity contribution in [3.05, 3.63) is 66.1 Å². The second kappa shape index (κ2) is 6.06. The molecule has 2 aromatic heterocycles. The predicted molar refractivity (Wildman–Crippen MR) is 87.7 cm³/mol. The molecule has 3 rings (SSSR count). The van der Waals surface area contributed by atoms with Crippen molar-refractivity contribution >= 4 is 11.6 Å². The van der Waals surface area contributed by atoms with E-state index < -0.39 is 0 Å². The van der Waals surface area contributed by atoms with Crippen LogP contribution in [0.25, 0.3) is 11.3 Å². The van der Waals surface area contributed by atoms with Crippen LogP contribution in [0.3, 0.4) is 0 Å². The van der Waals surface area contributed by atoms with Crippen molar-refractivity contribution in [3.8, 4) is 23.6 Å². The molecule has 106 valence electrons. The first-order valence-corrected chi connectivity index (χ1v) is 6.85. The first kappa shape index (κ1) is 13.8. The lowest BCUT2D eigenvalue weighted by atomic mass is 10.1. The van der Waals surface area contributed by atoms with E-state index >= 15 is 0 Å². The fraction of sp³-hybridized carbons (Fsp3) is 0.0556. The molecule has 0 saturated carbocycles. The number of aromatic nitrogens is 3. The van der Waals surface area contributed by atoms with E-state index in [2.05, 4.69) is 26.2 Å². The number of nitrogens with one attached hydrogen (secondary N) is 1. The maximum atomic E-state index is 5.40. The summed E-state index contributed by atoms with van der Waals surface area (Å²) >= 11 is 0. The first-order chi connectivity index (χ1) is 10.8. The minimum atomic E-state index is 0.534. The van der Waals surface area contributed by atoms with Gasteiger partial charge in [-0.15, -0.1) is 6.42 Å². The van der Waals surface area contributed by atoms with Gasteiger partial charge in [-0.05, 0) is 37.3 Å². The highest BCUT2D eigenvalue weighted by Gasteiger charge is 2.07. The van der Waals surface area contributed by atoms with Crippen LogP contribution >= 0.6 is 0 Å². The van der Waals surface area contributed by atoms with Crippen LogP contribution in [0.2, 0.25) is 0 Å². The van der Waals surface area contributed by atoms with Gasteiger partial charge in [-0.3, -0.25) is 4.98 Å². The van der Waals surface area contributed by atoms with E-state index in [1.54, 1.807) is 12.4 Å². The summed E-state index contributed by atoms with van der Waals surface area (Å²) in [4.78, 5) is 13.2. The second-order valence-electron chi connectivity index (χ2n) is 4.76. The summed E-state index contributed by atoms with van der Waals surface area (Å²) in [6.07, 6.45) is 8.94. The van der Waals surface area contributed by atoms with Gasteiger partial charge in [-0.1, -0.05) is 18.1 Å². The Morgan fingerprint density at radius 1 is 1.09 bits per heavy atom. The van der Waals surface area contributed by atoms with E-state index in [1.165, 1.54) is 0 Å². The van der Waals surface area contributed by atoms with Crippen LogP contribution in [-0.4, -0.2) is 15.0 Å². The van der Waals surface area contributed by atoms with Crippen LogP contribution in [0.1, 0.15) is 11.3 Å². The number of aryl methyl sites for hydroxylation is 1. The predicted octanol–water partition coefficient (Wildman–Crippen LogP) is 3.57. The van der Waals surface area contributed by atoms with Gasteiger partial charge < -0.3 is 5.32 Å². The Bertz CT molecular complexity index is 835. The maximum Gasteiger partial charge on any atom is 0.227 e. The Kier molecular flexibility index (Phi) is 3.80. The average molecular weight is 286 g/mol. The van der Waals surface area contributed by atoms with Crippen molar-refractivity contribution in [2.24, 2.45) is 0 Å². The fourth-order valence-corrected chi connectivity index (χ4v) is 2.12. The molecule has 4 heteroatoms. The Morgan fingerprint density at radius 3 is 2.73 bits per heavy atom. The van der Waals surface area contributed by atoms with Crippen LogP contribution in [0.5, 0.6) is 0 Å². The lowest BCUT2D eigenvalue weighted by Crippen LogP contribution is -2.00. The molecule has 0 unspecified atom stereocenters. The van der Waals surface area contributed by atoms with E-state index in [0.717, 1.165) is 28.2 Å². The quantitative estimate of drug-likeness (QED) is 0.748. The molecule has 0 fully saturated rings. The number of anilines is 2. The summed E-state index contributed by atoms with van der Waals surface area (Å²) in [5.74, 6) is 3.14. The van der Waals surface area contributed by atoms with Crippen molar-refractivity contribution in [1.29, 1.82) is 0 Å². The molecule has 2 heterocycles. The molecule has 0 aliphatic carbocycles. The summed E-state index contributed by atoms with van der Waals surface area (Å²) in [6.45, 7) is 1.94. The van der Waals surface area contributed by atoms with Crippen molar-refractivity contribution in [2.45, 2.75) is 6.92 Å². The van der Waals surface area contributed by atoms with Crippen molar-refractivity contribution in [2.75, 3.05) is 5.32 Å². The third kappa shape index (κ3) is 2.94. The normalized spacial score (nSPS) is 10.0. The lowest BCUT2D eigenvalue weighted by molar-refractivity contribution is 1.10. The molecule has 0 saturated heterocycles. The molecule has 22 heavy (non-hydrogen) atoms. The van der Waals surface area contributed by atoms with E-state index in [1.807, 2.05) is 49.4 Å². The maximum absolute atomic E-state index is 5.40. The highest BCUT2D eigenvalue weighted by atomic mass is 15.1. The second-order valence-corrected chi connectivity index (χ2v) is 4.76. The van der Waals surface area contributed by atoms with Crippen molar-refractivity contribution in [3.63, 3.8) is 0 Å². The number of terminal acetylenes is 1. The van der Waals surface area contributed by atoms with Crippen LogP contribution in [0.4, 0.5) is 11.6 Å². The zero-order chi connectivity index (χ0) is 15.4. The Labute approximate surface area is 129 Å². The molecule has 0 spiro atoms. The van der Waals surface area contributed by atoms with Gasteiger partial charge >= 0.3 is 0 Å². The van der Waals surface area contributed by atoms with Crippen LogP contribution in [0.15, 0.2) is 54.9 Å². The Hall–Kier alpha value is -3.19. The first-order valence-electron chi connectivity index (χ1n) is 6.85. The number of hydrogen-bond donors (Lipinski definition) is 1. The Morgan fingerprint density at radius 2 is 2.00 bits per heavy atom. The molecule has 1 N–H and O–H groups in total. The number of benzene rings is 1. The number of pyridine rings is 1. The van der Waals surface area contributed by atoms with Gasteiger partial charge in [-0.2, -0.15) is 0 Å². The molecular formula is C18H14N4. The Balaban J connectivity index is 1.88. The van der Waals surface area contributed by atoms with Gasteiger partial charge in [0.2, 0.25) is 5.95 Å². The van der Waals surface area contributed by atoms with Crippen LogP contribution in [0, 0.1) is 19.3 Å². The molecular weight excluding hydrogens is 272 g/mol. The van der Waals surface area contributed by atoms with Crippen molar-refractivity contribution in [1.82, 2.24) is 15.0 Å². The molecule has 4 nitrogen and oxygen atoms in total. The monoisotopic (exact) mass is 286 g/mol. The topological polar surface area (TPSA) is 50.7 Å². The minimum Gasteiger partial charge on any atom is -0.324 e. The third-order valence-electron chi connectivity index (χ3n) is 3.21. The molecule has 0 aliphatic rings. The zero-order valence-corrected chi connectivity index (χ0v) is 12.1. The summed E-state index contributed by atoms with van der Waals surface area (Å²) in [5.41, 5.74) is 4.32. The number of nitrogens with zero attached hydrogens (tertiary/aromatic N) is 3. The molecule has 0 atom stereocenters. The average Bonchev–Trinajstić information content (AvgIpc) is 2.56. The standard InChI is InChI=1S/C18H14N4/c1-3-14-7-6-8-15(11-14)22-18-20-12-16(13(2)21-18)17-9-4-5-10-19-17/h1,4-12H,2H3,(H,20,21,22). The summed E-state index contributed by atoms with van der Waals surface area (Å²) < 4.78 is 0. The van der Waals surface area contributed by atoms with Gasteiger partial charge in [0.05, 0.1) is 11.4 Å². The fourth-order valence-electron chi connectivity index (χ4n) is 2.12. The molecule has 0 bridgehead atoms. The molecule has 1 aromatic carbocycles. The summed E-state index contributed by atoms with van der Waals surface area (Å²) in [5, 5.41) is 3.16. The lowest BCUT2D eigenvalue weighted by Gasteiger charge is -2.08. The third-order valence-corrected chi connectivity index (χ3v) is 3.21. The van der Waals surface area contributed by atoms with Gasteiger partial charge in [0.15, 0.2) is 0 Å². The van der Waals surface area contributed by atoms with Crippen molar-refractivity contribution < 1.29 is 0 Å². The summed E-state index contributed by atoms with van der Waals surface area (Å²) in [7, 11) is 0. The van der Waals surface area contributed by atoms with E-state index in [0.29, 0.717) is 5.95 Å². The highest BCUT2D eigenvalue weighted by molar-refractivity contribution is 5.63. The molecule has 3 aromatic rings. The van der Waals surface area contributed by atoms with E-state index in [9.17, 15) is 0 Å².